The summed E-state index contributed by atoms with van der Waals surface area (Å²) in [6.45, 7) is 0.604. The zero-order chi connectivity index (χ0) is 38.9. The molecule has 6 atom stereocenters. The zero-order valence-electron chi connectivity index (χ0n) is 25.9. The van der Waals surface area contributed by atoms with Crippen molar-refractivity contribution in [1.82, 2.24) is 31.9 Å². The molecule has 25 nitrogen and oxygen atoms in total. The molecule has 0 saturated heterocycles. The predicted octanol–water partition coefficient (Wildman–Crippen LogP) is -6.67. The zero-order valence-corrected chi connectivity index (χ0v) is 25.9. The van der Waals surface area contributed by atoms with Crippen LogP contribution in [0.25, 0.3) is 0 Å². The molecule has 0 heterocycles. The summed E-state index contributed by atoms with van der Waals surface area (Å²) in [6.07, 6.45) is -6.17. The van der Waals surface area contributed by atoms with Crippen molar-refractivity contribution in [3.8, 4) is 0 Å². The van der Waals surface area contributed by atoms with Crippen molar-refractivity contribution in [1.29, 1.82) is 0 Å². The van der Waals surface area contributed by atoms with Gasteiger partial charge < -0.3 is 68.3 Å². The number of aliphatic carboxylic acids is 6. The maximum absolute atomic E-state index is 13.0. The molecule has 0 fully saturated rings. The number of nitrogens with one attached hydrogen (secondary N) is 6. The highest BCUT2D eigenvalue weighted by Crippen LogP contribution is 2.04. The van der Waals surface area contributed by atoms with Gasteiger partial charge in [-0.05, 0) is 6.92 Å². The molecule has 0 radical (unpaired) electrons. The van der Waals surface area contributed by atoms with Crippen LogP contribution in [0.3, 0.4) is 0 Å². The van der Waals surface area contributed by atoms with Gasteiger partial charge in [-0.2, -0.15) is 0 Å². The van der Waals surface area contributed by atoms with Crippen LogP contribution in [-0.2, 0) is 57.5 Å². The molecule has 25 heteroatoms. The van der Waals surface area contributed by atoms with Gasteiger partial charge in [0.05, 0.1) is 38.6 Å². The average Bonchev–Trinajstić information content (AvgIpc) is 2.97. The third kappa shape index (κ3) is 17.0. The van der Waals surface area contributed by atoms with Crippen LogP contribution in [0, 0.1) is 0 Å². The molecule has 0 aliphatic carbocycles. The molecular formula is C25H35N7O18. The third-order valence-electron chi connectivity index (χ3n) is 6.00. The minimum Gasteiger partial charge on any atom is -0.481 e. The summed E-state index contributed by atoms with van der Waals surface area (Å²) >= 11 is 0. The van der Waals surface area contributed by atoms with E-state index in [2.05, 4.69) is 5.32 Å². The summed E-state index contributed by atoms with van der Waals surface area (Å²) in [5.74, 6) is -18.7. The summed E-state index contributed by atoms with van der Waals surface area (Å²) in [5, 5.41) is 66.0. The van der Waals surface area contributed by atoms with Crippen molar-refractivity contribution < 1.29 is 88.2 Å². The topological polar surface area (TPSA) is 424 Å². The van der Waals surface area contributed by atoms with Gasteiger partial charge in [0.15, 0.2) is 0 Å². The standard InChI is InChI=1S/C25H35N7O18/c1-8(27-14(33)7-26)20(44)28-9(2-15(34)35)21(45)29-10(3-16(36)37)22(46)30-11(4-17(38)39)23(47)31-12(5-18(40)41)24(48)32-13(25(49)50)6-19(42)43/h8-13H,2-7,26H2,1H3,(H,27,33)(H,28,44)(H,29,45)(H,30,46)(H,31,47)(H,32,48)(H,34,35)(H,36,37)(H,38,39)(H,40,41)(H,42,43)(H,49,50)/t8-,9-,10-,11-,12-,13-/m0/s1. The van der Waals surface area contributed by atoms with Crippen LogP contribution in [0.15, 0.2) is 0 Å². The highest BCUT2D eigenvalue weighted by atomic mass is 16.4. The van der Waals surface area contributed by atoms with Crippen LogP contribution in [0.5, 0.6) is 0 Å². The summed E-state index contributed by atoms with van der Waals surface area (Å²) in [4.78, 5) is 143. The lowest BCUT2D eigenvalue weighted by Crippen LogP contribution is -2.60. The average molecular weight is 722 g/mol. The van der Waals surface area contributed by atoms with Crippen LogP contribution in [0.4, 0.5) is 0 Å². The van der Waals surface area contributed by atoms with Gasteiger partial charge in [-0.3, -0.25) is 52.7 Å². The van der Waals surface area contributed by atoms with E-state index < -0.39 is 146 Å². The Bertz CT molecular complexity index is 1380. The molecule has 0 aromatic heterocycles. The van der Waals surface area contributed by atoms with E-state index in [4.69, 9.17) is 21.1 Å². The minimum atomic E-state index is -2.24. The van der Waals surface area contributed by atoms with E-state index >= 15 is 0 Å². The third-order valence-corrected chi connectivity index (χ3v) is 6.00. The fourth-order valence-electron chi connectivity index (χ4n) is 3.66. The van der Waals surface area contributed by atoms with Gasteiger partial charge in [0.25, 0.3) is 0 Å². The molecule has 0 aromatic carbocycles. The Morgan fingerprint density at radius 1 is 0.420 bits per heavy atom. The number of carboxylic acids is 6. The molecular weight excluding hydrogens is 686 g/mol. The molecule has 0 spiro atoms. The van der Waals surface area contributed by atoms with Gasteiger partial charge in [0.1, 0.15) is 36.3 Å². The molecule has 278 valence electrons. The first-order valence-corrected chi connectivity index (χ1v) is 13.9. The van der Waals surface area contributed by atoms with E-state index in [-0.39, 0.29) is 0 Å². The number of hydrogen-bond acceptors (Lipinski definition) is 13. The first-order valence-electron chi connectivity index (χ1n) is 13.9. The molecule has 0 aliphatic heterocycles. The second-order valence-electron chi connectivity index (χ2n) is 10.1. The molecule has 14 N–H and O–H groups in total. The number of carbonyl (C=O) groups excluding carboxylic acids is 6. The number of carboxylic acid groups (broad SMARTS) is 6. The van der Waals surface area contributed by atoms with E-state index in [1.54, 1.807) is 16.0 Å². The number of amides is 6. The lowest BCUT2D eigenvalue weighted by Gasteiger charge is -2.25. The van der Waals surface area contributed by atoms with Crippen molar-refractivity contribution in [3.05, 3.63) is 0 Å². The van der Waals surface area contributed by atoms with Crippen LogP contribution in [0.1, 0.15) is 39.0 Å². The molecule has 6 amide bonds. The number of hydrogen-bond donors (Lipinski definition) is 13. The highest BCUT2D eigenvalue weighted by Gasteiger charge is 2.36. The fourth-order valence-corrected chi connectivity index (χ4v) is 3.66. The summed E-state index contributed by atoms with van der Waals surface area (Å²) in [5.41, 5.74) is 5.13. The van der Waals surface area contributed by atoms with E-state index in [0.29, 0.717) is 0 Å². The van der Waals surface area contributed by atoms with E-state index in [1.165, 1.54) is 0 Å². The molecule has 50 heavy (non-hydrogen) atoms. The van der Waals surface area contributed by atoms with Gasteiger partial charge in [0, 0.05) is 0 Å². The lowest BCUT2D eigenvalue weighted by molar-refractivity contribution is -0.148. The van der Waals surface area contributed by atoms with Crippen LogP contribution in [0.2, 0.25) is 0 Å². The van der Waals surface area contributed by atoms with Crippen molar-refractivity contribution in [2.45, 2.75) is 75.3 Å². The number of carbonyl (C=O) groups is 12. The first-order chi connectivity index (χ1) is 23.1. The fraction of sp³-hybridized carbons (Fsp3) is 0.520. The highest BCUT2D eigenvalue weighted by molar-refractivity contribution is 6.00. The Kier molecular flexibility index (Phi) is 18.1. The van der Waals surface area contributed by atoms with Gasteiger partial charge >= 0.3 is 35.8 Å². The monoisotopic (exact) mass is 721 g/mol. The van der Waals surface area contributed by atoms with Gasteiger partial charge in [-0.25, -0.2) is 4.79 Å². The molecule has 0 unspecified atom stereocenters. The molecule has 0 rings (SSSR count). The Labute approximate surface area is 279 Å². The van der Waals surface area contributed by atoms with E-state index in [1.807, 2.05) is 10.6 Å². The largest absolute Gasteiger partial charge is 0.481 e. The molecule has 0 bridgehead atoms. The normalized spacial score (nSPS) is 14.0. The van der Waals surface area contributed by atoms with Gasteiger partial charge in [0.2, 0.25) is 35.4 Å². The summed E-state index contributed by atoms with van der Waals surface area (Å²) < 4.78 is 0. The van der Waals surface area contributed by atoms with E-state index in [9.17, 15) is 72.9 Å². The molecule has 0 aliphatic rings. The predicted molar refractivity (Wildman–Crippen MR) is 155 cm³/mol. The molecule has 0 aromatic rings. The van der Waals surface area contributed by atoms with Gasteiger partial charge in [-0.1, -0.05) is 0 Å². The van der Waals surface area contributed by atoms with Crippen molar-refractivity contribution in [2.24, 2.45) is 5.73 Å². The van der Waals surface area contributed by atoms with Gasteiger partial charge in [-0.15, -0.1) is 0 Å². The van der Waals surface area contributed by atoms with Crippen molar-refractivity contribution >= 4 is 71.3 Å². The second kappa shape index (κ2) is 20.8. The van der Waals surface area contributed by atoms with Crippen LogP contribution < -0.4 is 37.6 Å². The van der Waals surface area contributed by atoms with Crippen LogP contribution in [-0.4, -0.2) is 145 Å². The van der Waals surface area contributed by atoms with Crippen LogP contribution >= 0.6 is 0 Å². The van der Waals surface area contributed by atoms with Crippen molar-refractivity contribution in [3.63, 3.8) is 0 Å². The lowest BCUT2D eigenvalue weighted by atomic mass is 10.1. The smallest absolute Gasteiger partial charge is 0.326 e. The Balaban J connectivity index is 6.20. The minimum absolute atomic E-state index is 0.533. The molecule has 0 saturated carbocycles. The quantitative estimate of drug-likeness (QED) is 0.0466. The first kappa shape index (κ1) is 43.6. The number of rotatable bonds is 23. The van der Waals surface area contributed by atoms with Crippen molar-refractivity contribution in [2.75, 3.05) is 6.54 Å². The Morgan fingerprint density at radius 3 is 0.900 bits per heavy atom. The maximum Gasteiger partial charge on any atom is 0.326 e. The second-order valence-corrected chi connectivity index (χ2v) is 10.1. The summed E-state index contributed by atoms with van der Waals surface area (Å²) in [6, 6.07) is -12.1. The maximum atomic E-state index is 13.0. The SMILES string of the molecule is C[C@H](NC(=O)CN)C(=O)N[C@@H](CC(=O)O)C(=O)N[C@@H](CC(=O)O)C(=O)N[C@@H](CC(=O)O)C(=O)N[C@@H](CC(=O)O)C(=O)N[C@@H](CC(=O)O)C(=O)O. The summed E-state index contributed by atoms with van der Waals surface area (Å²) in [7, 11) is 0. The Morgan fingerprint density at radius 2 is 0.660 bits per heavy atom. The van der Waals surface area contributed by atoms with E-state index in [0.717, 1.165) is 6.92 Å². The number of nitrogens with two attached hydrogens (primary N) is 1. The Hall–Kier alpha value is -6.40.